The second-order valence-electron chi connectivity index (χ2n) is 8.94. The molecule has 1 aliphatic heterocycles. The quantitative estimate of drug-likeness (QED) is 0.590. The summed E-state index contributed by atoms with van der Waals surface area (Å²) in [4.78, 5) is 15.3. The maximum Gasteiger partial charge on any atom is 0.243 e. The number of methoxy groups -OCH3 is 1. The second-order valence-corrected chi connectivity index (χ2v) is 10.8. The van der Waals surface area contributed by atoms with Crippen molar-refractivity contribution in [3.05, 3.63) is 46.3 Å². The van der Waals surface area contributed by atoms with Crippen LogP contribution in [-0.2, 0) is 10.0 Å². The summed E-state index contributed by atoms with van der Waals surface area (Å²) in [6, 6.07) is 5.72. The van der Waals surface area contributed by atoms with Gasteiger partial charge in [-0.05, 0) is 70.9 Å². The fraction of sp³-hybridized carbons (Fsp3) is 0.542. The van der Waals surface area contributed by atoms with Crippen molar-refractivity contribution in [3.8, 4) is 5.75 Å². The molecule has 0 unspecified atom stereocenters. The van der Waals surface area contributed by atoms with Gasteiger partial charge in [0.1, 0.15) is 5.75 Å². The van der Waals surface area contributed by atoms with Gasteiger partial charge in [-0.1, -0.05) is 0 Å². The Kier molecular flexibility index (Phi) is 7.17. The smallest absolute Gasteiger partial charge is 0.243 e. The SMILES string of the molecule is COc1cc(C)c(S(=O)(=O)N2CCN(CC(=O)c3cc(C)n(C(C)C)c3C)CC2)cc1C. The van der Waals surface area contributed by atoms with Gasteiger partial charge in [-0.2, -0.15) is 4.31 Å². The van der Waals surface area contributed by atoms with Gasteiger partial charge in [0.2, 0.25) is 10.0 Å². The van der Waals surface area contributed by atoms with Crippen molar-refractivity contribution in [1.82, 2.24) is 13.8 Å². The summed E-state index contributed by atoms with van der Waals surface area (Å²) in [6.45, 7) is 14.0. The molecule has 0 aliphatic carbocycles. The van der Waals surface area contributed by atoms with Gasteiger partial charge in [0.05, 0.1) is 18.6 Å². The Morgan fingerprint density at radius 3 is 2.16 bits per heavy atom. The summed E-state index contributed by atoms with van der Waals surface area (Å²) in [6.07, 6.45) is 0. The first-order chi connectivity index (χ1) is 15.0. The van der Waals surface area contributed by atoms with Crippen molar-refractivity contribution in [2.24, 2.45) is 0 Å². The van der Waals surface area contributed by atoms with E-state index in [0.717, 1.165) is 22.5 Å². The first-order valence-corrected chi connectivity index (χ1v) is 12.5. The lowest BCUT2D eigenvalue weighted by Gasteiger charge is -2.34. The fourth-order valence-electron chi connectivity index (χ4n) is 4.67. The Morgan fingerprint density at radius 2 is 1.62 bits per heavy atom. The van der Waals surface area contributed by atoms with Crippen molar-refractivity contribution < 1.29 is 17.9 Å². The molecule has 0 spiro atoms. The molecule has 2 aromatic rings. The highest BCUT2D eigenvalue weighted by Crippen LogP contribution is 2.28. The van der Waals surface area contributed by atoms with Gasteiger partial charge >= 0.3 is 0 Å². The molecular formula is C24H35N3O4S. The highest BCUT2D eigenvalue weighted by Gasteiger charge is 2.31. The Balaban J connectivity index is 1.68. The first kappa shape index (κ1) is 24.5. The summed E-state index contributed by atoms with van der Waals surface area (Å²) < 4.78 is 35.5. The molecular weight excluding hydrogens is 426 g/mol. The normalized spacial score (nSPS) is 16.0. The lowest BCUT2D eigenvalue weighted by molar-refractivity contribution is 0.0901. The number of carbonyl (C=O) groups excluding carboxylic acids is 1. The van der Waals surface area contributed by atoms with Crippen molar-refractivity contribution in [2.75, 3.05) is 39.8 Å². The Morgan fingerprint density at radius 1 is 1.00 bits per heavy atom. The molecule has 0 amide bonds. The maximum atomic E-state index is 13.3. The van der Waals surface area contributed by atoms with Gasteiger partial charge in [-0.25, -0.2) is 8.42 Å². The molecule has 0 saturated carbocycles. The molecule has 0 bridgehead atoms. The standard InChI is InChI=1S/C24H35N3O4S/c1-16(2)27-19(5)14-21(20(27)6)22(28)15-25-8-10-26(11-9-25)32(29,30)24-13-17(3)23(31-7)12-18(24)4/h12-14,16H,8-11,15H2,1-7H3. The van der Waals surface area contributed by atoms with E-state index in [1.165, 1.54) is 4.31 Å². The highest BCUT2D eigenvalue weighted by atomic mass is 32.2. The van der Waals surface area contributed by atoms with Crippen molar-refractivity contribution in [2.45, 2.75) is 52.5 Å². The van der Waals surface area contributed by atoms with E-state index in [4.69, 9.17) is 4.74 Å². The molecule has 1 aromatic heterocycles. The molecule has 0 atom stereocenters. The first-order valence-electron chi connectivity index (χ1n) is 11.1. The minimum atomic E-state index is -3.60. The monoisotopic (exact) mass is 461 g/mol. The summed E-state index contributed by atoms with van der Waals surface area (Å²) in [5, 5.41) is 0. The van der Waals surface area contributed by atoms with Crippen LogP contribution >= 0.6 is 0 Å². The van der Waals surface area contributed by atoms with Crippen LogP contribution in [-0.4, -0.2) is 67.8 Å². The predicted octanol–water partition coefficient (Wildman–Crippen LogP) is 3.50. The summed E-state index contributed by atoms with van der Waals surface area (Å²) in [5.41, 5.74) is 4.30. The van der Waals surface area contributed by atoms with E-state index in [1.54, 1.807) is 26.2 Å². The Hall–Kier alpha value is -2.16. The third-order valence-corrected chi connectivity index (χ3v) is 8.35. The average Bonchev–Trinajstić information content (AvgIpc) is 3.03. The molecule has 1 fully saturated rings. The van der Waals surface area contributed by atoms with Crippen LogP contribution in [0.3, 0.4) is 0 Å². The minimum absolute atomic E-state index is 0.0860. The molecule has 8 heteroatoms. The summed E-state index contributed by atoms with van der Waals surface area (Å²) >= 11 is 0. The molecule has 32 heavy (non-hydrogen) atoms. The van der Waals surface area contributed by atoms with Crippen LogP contribution in [0, 0.1) is 27.7 Å². The van der Waals surface area contributed by atoms with E-state index >= 15 is 0 Å². The highest BCUT2D eigenvalue weighted by molar-refractivity contribution is 7.89. The van der Waals surface area contributed by atoms with Crippen LogP contribution in [0.5, 0.6) is 5.75 Å². The average molecular weight is 462 g/mol. The molecule has 0 radical (unpaired) electrons. The van der Waals surface area contributed by atoms with Gasteiger partial charge in [-0.15, -0.1) is 0 Å². The number of piperazine rings is 1. The van der Waals surface area contributed by atoms with Gasteiger partial charge in [0.15, 0.2) is 5.78 Å². The third-order valence-electron chi connectivity index (χ3n) is 6.31. The zero-order chi connectivity index (χ0) is 23.8. The summed E-state index contributed by atoms with van der Waals surface area (Å²) in [5.74, 6) is 0.768. The van der Waals surface area contributed by atoms with Crippen LogP contribution < -0.4 is 4.74 Å². The van der Waals surface area contributed by atoms with Crippen molar-refractivity contribution in [3.63, 3.8) is 0 Å². The number of ether oxygens (including phenoxy) is 1. The van der Waals surface area contributed by atoms with Crippen LogP contribution in [0.1, 0.15) is 52.8 Å². The number of benzene rings is 1. The molecule has 0 N–H and O–H groups in total. The number of aromatic nitrogens is 1. The van der Waals surface area contributed by atoms with Crippen molar-refractivity contribution >= 4 is 15.8 Å². The van der Waals surface area contributed by atoms with E-state index in [2.05, 4.69) is 18.4 Å². The Bertz CT molecular complexity index is 1110. The Labute approximate surface area is 192 Å². The minimum Gasteiger partial charge on any atom is -0.496 e. The molecule has 176 valence electrons. The van der Waals surface area contributed by atoms with Gasteiger partial charge in [0, 0.05) is 49.2 Å². The number of Topliss-reactive ketones (excluding diaryl/α,β-unsaturated/α-hetero) is 1. The number of hydrogen-bond donors (Lipinski definition) is 0. The molecule has 3 rings (SSSR count). The number of sulfonamides is 1. The predicted molar refractivity (Wildman–Crippen MR) is 126 cm³/mol. The van der Waals surface area contributed by atoms with Gasteiger partial charge in [0.25, 0.3) is 0 Å². The van der Waals surface area contributed by atoms with Crippen LogP contribution in [0.15, 0.2) is 23.1 Å². The third kappa shape index (κ3) is 4.63. The largest absolute Gasteiger partial charge is 0.496 e. The van der Waals surface area contributed by atoms with E-state index in [0.29, 0.717) is 55.0 Å². The van der Waals surface area contributed by atoms with E-state index in [1.807, 2.05) is 31.7 Å². The van der Waals surface area contributed by atoms with Gasteiger partial charge < -0.3 is 9.30 Å². The van der Waals surface area contributed by atoms with E-state index < -0.39 is 10.0 Å². The van der Waals surface area contributed by atoms with Crippen LogP contribution in [0.2, 0.25) is 0 Å². The number of hydrogen-bond acceptors (Lipinski definition) is 5. The van der Waals surface area contributed by atoms with Crippen molar-refractivity contribution in [1.29, 1.82) is 0 Å². The topological polar surface area (TPSA) is 71.9 Å². The fourth-order valence-corrected chi connectivity index (χ4v) is 6.38. The molecule has 7 nitrogen and oxygen atoms in total. The van der Waals surface area contributed by atoms with E-state index in [9.17, 15) is 13.2 Å². The number of aryl methyl sites for hydroxylation is 3. The number of rotatable bonds is 7. The zero-order valence-electron chi connectivity index (χ0n) is 20.2. The number of nitrogens with zero attached hydrogens (tertiary/aromatic N) is 3. The maximum absolute atomic E-state index is 13.3. The lowest BCUT2D eigenvalue weighted by Crippen LogP contribution is -2.49. The molecule has 1 aromatic carbocycles. The van der Waals surface area contributed by atoms with Crippen LogP contribution in [0.4, 0.5) is 0 Å². The number of ketones is 1. The van der Waals surface area contributed by atoms with E-state index in [-0.39, 0.29) is 5.78 Å². The van der Waals surface area contributed by atoms with Gasteiger partial charge in [-0.3, -0.25) is 9.69 Å². The zero-order valence-corrected chi connectivity index (χ0v) is 21.0. The second kappa shape index (κ2) is 9.37. The van der Waals surface area contributed by atoms with Crippen LogP contribution in [0.25, 0.3) is 0 Å². The summed E-state index contributed by atoms with van der Waals surface area (Å²) in [7, 11) is -2.02. The molecule has 2 heterocycles. The molecule has 1 aliphatic rings. The number of carbonyl (C=O) groups is 1. The lowest BCUT2D eigenvalue weighted by atomic mass is 10.1. The molecule has 1 saturated heterocycles.